The Balaban J connectivity index is 4.03. The van der Waals surface area contributed by atoms with Gasteiger partial charge >= 0.3 is 19.8 Å². The number of likely N-dealkylation sites (N-methyl/N-ethyl adjacent to an activating group) is 1. The van der Waals surface area contributed by atoms with Gasteiger partial charge in [-0.15, -0.1) is 0 Å². The van der Waals surface area contributed by atoms with Crippen molar-refractivity contribution >= 4 is 19.8 Å². The molecule has 0 aromatic carbocycles. The Bertz CT molecular complexity index is 1880. The van der Waals surface area contributed by atoms with Gasteiger partial charge in [0.2, 0.25) is 0 Å². The van der Waals surface area contributed by atoms with Crippen LogP contribution in [0.25, 0.3) is 0 Å². The molecule has 0 heterocycles. The summed E-state index contributed by atoms with van der Waals surface area (Å²) in [4.78, 5) is 35.8. The van der Waals surface area contributed by atoms with Crippen molar-refractivity contribution in [2.75, 3.05) is 47.5 Å². The number of carbonyl (C=O) groups is 2. The number of unbranched alkanes of at least 4 members (excludes halogenated alkanes) is 25. The minimum atomic E-state index is -4.40. The largest absolute Gasteiger partial charge is 0.472 e. The Morgan fingerprint density at radius 3 is 1.01 bits per heavy atom. The first-order chi connectivity index (χ1) is 41.0. The molecule has 0 aliphatic rings. The summed E-state index contributed by atoms with van der Waals surface area (Å²) < 4.78 is 34.6. The van der Waals surface area contributed by atoms with Crippen LogP contribution in [-0.2, 0) is 32.7 Å². The van der Waals surface area contributed by atoms with Crippen molar-refractivity contribution in [3.05, 3.63) is 134 Å². The van der Waals surface area contributed by atoms with Gasteiger partial charge in [0.15, 0.2) is 6.10 Å². The van der Waals surface area contributed by atoms with Crippen LogP contribution in [0, 0.1) is 0 Å². The molecule has 0 aromatic rings. The summed E-state index contributed by atoms with van der Waals surface area (Å²) in [6.07, 6.45) is 92.6. The van der Waals surface area contributed by atoms with E-state index in [1.807, 2.05) is 21.1 Å². The molecule has 0 rings (SSSR count). The molecule has 0 amide bonds. The molecular formula is C74H127NO8P+. The molecule has 1 N–H and O–H groups in total. The molecule has 9 nitrogen and oxygen atoms in total. The fourth-order valence-electron chi connectivity index (χ4n) is 8.98. The number of nitrogens with zero attached hydrogens (tertiary/aromatic N) is 1. The average molecular weight is 1190 g/mol. The fraction of sp³-hybridized carbons (Fsp3) is 0.676. The number of allylic oxidation sites excluding steroid dienone is 22. The molecule has 2 unspecified atom stereocenters. The minimum absolute atomic E-state index is 0.0248. The van der Waals surface area contributed by atoms with Gasteiger partial charge in [-0.2, -0.15) is 0 Å². The molecule has 0 fully saturated rings. The maximum Gasteiger partial charge on any atom is 0.472 e. The highest BCUT2D eigenvalue weighted by Gasteiger charge is 2.27. The van der Waals surface area contributed by atoms with Gasteiger partial charge in [0.1, 0.15) is 19.8 Å². The third-order valence-electron chi connectivity index (χ3n) is 14.2. The molecule has 0 spiro atoms. The zero-order valence-corrected chi connectivity index (χ0v) is 55.5. The van der Waals surface area contributed by atoms with Gasteiger partial charge in [-0.3, -0.25) is 18.6 Å². The van der Waals surface area contributed by atoms with E-state index in [1.54, 1.807) is 0 Å². The number of ether oxygens (including phenoxy) is 2. The Labute approximate surface area is 517 Å². The highest BCUT2D eigenvalue weighted by Crippen LogP contribution is 2.43. The van der Waals surface area contributed by atoms with E-state index in [0.717, 1.165) is 116 Å². The summed E-state index contributed by atoms with van der Waals surface area (Å²) in [7, 11) is 1.46. The Kier molecular flexibility index (Phi) is 60.7. The summed E-state index contributed by atoms with van der Waals surface area (Å²) in [6, 6.07) is 0. The maximum absolute atomic E-state index is 12.9. The molecule has 0 aliphatic heterocycles. The monoisotopic (exact) mass is 1190 g/mol. The average Bonchev–Trinajstić information content (AvgIpc) is 3.61. The summed E-state index contributed by atoms with van der Waals surface area (Å²) in [5, 5.41) is 0. The van der Waals surface area contributed by atoms with Gasteiger partial charge in [0, 0.05) is 12.8 Å². The van der Waals surface area contributed by atoms with E-state index in [0.29, 0.717) is 17.4 Å². The zero-order valence-electron chi connectivity index (χ0n) is 54.6. The lowest BCUT2D eigenvalue weighted by Crippen LogP contribution is -2.37. The third kappa shape index (κ3) is 67.3. The van der Waals surface area contributed by atoms with Gasteiger partial charge in [-0.05, 0) is 116 Å². The number of carbonyl (C=O) groups excluding carboxylic acids is 2. The second-order valence-electron chi connectivity index (χ2n) is 23.5. The van der Waals surface area contributed by atoms with Crippen molar-refractivity contribution in [1.82, 2.24) is 0 Å². The number of hydrogen-bond donors (Lipinski definition) is 1. The molecule has 0 aliphatic carbocycles. The van der Waals surface area contributed by atoms with Crippen molar-refractivity contribution in [1.29, 1.82) is 0 Å². The molecular weight excluding hydrogens is 1060 g/mol. The number of rotatable bonds is 61. The van der Waals surface area contributed by atoms with Crippen LogP contribution < -0.4 is 0 Å². The summed E-state index contributed by atoms with van der Waals surface area (Å²) >= 11 is 0. The van der Waals surface area contributed by atoms with E-state index in [2.05, 4.69) is 148 Å². The van der Waals surface area contributed by atoms with E-state index in [1.165, 1.54) is 122 Å². The lowest BCUT2D eigenvalue weighted by molar-refractivity contribution is -0.870. The van der Waals surface area contributed by atoms with Gasteiger partial charge in [-0.25, -0.2) is 4.57 Å². The molecule has 2 atom stereocenters. The Morgan fingerprint density at radius 2 is 0.679 bits per heavy atom. The maximum atomic E-state index is 12.9. The highest BCUT2D eigenvalue weighted by atomic mass is 31.2. The van der Waals surface area contributed by atoms with Crippen molar-refractivity contribution in [2.24, 2.45) is 0 Å². The SMILES string of the molecule is CC/C=C\C/C=C\C/C=C\C/C=C\C/C=C\C/C=C\C/C=C\C/C=C\CCCCCCCCCCCCCCCCCCC(=O)OC(COC(=O)CCCCCCCC/C=C\C/C=C\C/C=C\CCCCC)COP(=O)(O)OCC[N+](C)(C)C. The minimum Gasteiger partial charge on any atom is -0.462 e. The predicted octanol–water partition coefficient (Wildman–Crippen LogP) is 22.0. The van der Waals surface area contributed by atoms with Crippen molar-refractivity contribution in [2.45, 2.75) is 277 Å². The smallest absolute Gasteiger partial charge is 0.462 e. The van der Waals surface area contributed by atoms with Crippen molar-refractivity contribution < 1.29 is 42.1 Å². The van der Waals surface area contributed by atoms with Crippen LogP contribution in [0.4, 0.5) is 0 Å². The number of phosphoric acid groups is 1. The van der Waals surface area contributed by atoms with Crippen LogP contribution >= 0.6 is 7.82 Å². The van der Waals surface area contributed by atoms with Gasteiger partial charge in [0.25, 0.3) is 0 Å². The molecule has 0 aromatic heterocycles. The first-order valence-corrected chi connectivity index (χ1v) is 35.4. The van der Waals surface area contributed by atoms with Crippen LogP contribution in [0.3, 0.4) is 0 Å². The standard InChI is InChI=1S/C74H126NO8P/c1-6-8-10-12-14-16-18-20-22-24-26-27-28-29-30-31-32-33-34-35-36-37-38-39-40-41-42-43-44-45-46-47-49-51-53-55-57-59-61-63-65-67-74(77)83-72(71-82-84(78,79)81-69-68-75(3,4)5)70-80-73(76)66-64-62-60-58-56-54-52-50-48-25-23-21-19-17-15-13-11-9-7-2/h8,10,14-17,20-23,26-27,29-30,32-33,35-36,38-39,48,50,72H,6-7,9,11-13,18-19,24-25,28,31,34,37,40-47,49,51-71H2,1-5H3/p+1/b10-8-,16-14-,17-15-,22-20-,23-21-,27-26-,30-29-,33-32-,36-35-,39-38-,50-48-. The molecule has 480 valence electrons. The second-order valence-corrected chi connectivity index (χ2v) is 24.9. The quantitative estimate of drug-likeness (QED) is 0.0211. The lowest BCUT2D eigenvalue weighted by atomic mass is 10.0. The third-order valence-corrected chi connectivity index (χ3v) is 15.1. The summed E-state index contributed by atoms with van der Waals surface area (Å²) in [5.74, 6) is -0.812. The van der Waals surface area contributed by atoms with Gasteiger partial charge in [-0.1, -0.05) is 276 Å². The lowest BCUT2D eigenvalue weighted by Gasteiger charge is -2.24. The molecule has 10 heteroatoms. The van der Waals surface area contributed by atoms with E-state index < -0.39 is 26.5 Å². The molecule has 0 radical (unpaired) electrons. The molecule has 0 saturated heterocycles. The predicted molar refractivity (Wildman–Crippen MR) is 362 cm³/mol. The zero-order chi connectivity index (χ0) is 61.2. The fourth-order valence-corrected chi connectivity index (χ4v) is 9.72. The van der Waals surface area contributed by atoms with Gasteiger partial charge < -0.3 is 18.9 Å². The van der Waals surface area contributed by atoms with Crippen LogP contribution in [0.1, 0.15) is 271 Å². The van der Waals surface area contributed by atoms with Crippen LogP contribution in [0.15, 0.2) is 134 Å². The first kappa shape index (κ1) is 80.2. The highest BCUT2D eigenvalue weighted by molar-refractivity contribution is 7.47. The van der Waals surface area contributed by atoms with Crippen molar-refractivity contribution in [3.63, 3.8) is 0 Å². The van der Waals surface area contributed by atoms with E-state index in [4.69, 9.17) is 18.5 Å². The number of hydrogen-bond acceptors (Lipinski definition) is 7. The molecule has 84 heavy (non-hydrogen) atoms. The van der Waals surface area contributed by atoms with E-state index in [-0.39, 0.29) is 32.0 Å². The van der Waals surface area contributed by atoms with E-state index in [9.17, 15) is 19.0 Å². The van der Waals surface area contributed by atoms with E-state index >= 15 is 0 Å². The number of esters is 2. The van der Waals surface area contributed by atoms with Gasteiger partial charge in [0.05, 0.1) is 27.7 Å². The first-order valence-electron chi connectivity index (χ1n) is 33.9. The second kappa shape index (κ2) is 63.6. The topological polar surface area (TPSA) is 108 Å². The molecule has 0 saturated carbocycles. The Morgan fingerprint density at radius 1 is 0.381 bits per heavy atom. The summed E-state index contributed by atoms with van der Waals surface area (Å²) in [6.45, 7) is 4.28. The Hall–Kier alpha value is -3.85. The van der Waals surface area contributed by atoms with Crippen LogP contribution in [-0.4, -0.2) is 74.9 Å². The van der Waals surface area contributed by atoms with Crippen LogP contribution in [0.5, 0.6) is 0 Å². The number of quaternary nitrogens is 1. The number of phosphoric ester groups is 1. The van der Waals surface area contributed by atoms with Crippen LogP contribution in [0.2, 0.25) is 0 Å². The normalized spacial score (nSPS) is 14.0. The van der Waals surface area contributed by atoms with Crippen molar-refractivity contribution in [3.8, 4) is 0 Å². The molecule has 0 bridgehead atoms. The summed E-state index contributed by atoms with van der Waals surface area (Å²) in [5.41, 5.74) is 0.